The molecule has 0 bridgehead atoms. The van der Waals surface area contributed by atoms with E-state index in [1.165, 1.54) is 31.4 Å². The summed E-state index contributed by atoms with van der Waals surface area (Å²) < 4.78 is 5.57. The predicted molar refractivity (Wildman–Crippen MR) is 83.9 cm³/mol. The number of piperidine rings is 1. The fourth-order valence-electron chi connectivity index (χ4n) is 2.99. The van der Waals surface area contributed by atoms with Crippen molar-refractivity contribution in [1.29, 1.82) is 0 Å². The molecule has 0 aliphatic carbocycles. The standard InChI is InChI=1S/C17H28N2O/c1-3-11-18-13-17(15-8-5-4-6-9-15)19-12-7-10-16(14-19)20-2/h4-6,8-9,16-18H,3,7,10-14H2,1-2H3. The maximum absolute atomic E-state index is 5.57. The fourth-order valence-corrected chi connectivity index (χ4v) is 2.99. The van der Waals surface area contributed by atoms with Gasteiger partial charge in [-0.25, -0.2) is 0 Å². The van der Waals surface area contributed by atoms with E-state index in [1.54, 1.807) is 0 Å². The lowest BCUT2D eigenvalue weighted by molar-refractivity contribution is 0.0141. The van der Waals surface area contributed by atoms with Gasteiger partial charge >= 0.3 is 0 Å². The van der Waals surface area contributed by atoms with Crippen LogP contribution < -0.4 is 5.32 Å². The highest BCUT2D eigenvalue weighted by atomic mass is 16.5. The number of hydrogen-bond acceptors (Lipinski definition) is 3. The molecule has 3 heteroatoms. The molecule has 0 radical (unpaired) electrons. The molecule has 1 N–H and O–H groups in total. The van der Waals surface area contributed by atoms with Gasteiger partial charge in [0.05, 0.1) is 6.10 Å². The van der Waals surface area contributed by atoms with Gasteiger partial charge in [-0.1, -0.05) is 37.3 Å². The number of nitrogens with zero attached hydrogens (tertiary/aromatic N) is 1. The molecule has 1 aromatic carbocycles. The molecule has 1 aromatic rings. The zero-order chi connectivity index (χ0) is 14.2. The summed E-state index contributed by atoms with van der Waals surface area (Å²) in [4.78, 5) is 2.58. The van der Waals surface area contributed by atoms with Crippen molar-refractivity contribution < 1.29 is 4.74 Å². The summed E-state index contributed by atoms with van der Waals surface area (Å²) in [6, 6.07) is 11.3. The van der Waals surface area contributed by atoms with Gasteiger partial charge in [-0.15, -0.1) is 0 Å². The van der Waals surface area contributed by atoms with Crippen molar-refractivity contribution in [2.45, 2.75) is 38.3 Å². The van der Waals surface area contributed by atoms with E-state index < -0.39 is 0 Å². The van der Waals surface area contributed by atoms with Crippen LogP contribution in [0.2, 0.25) is 0 Å². The first-order valence-corrected chi connectivity index (χ1v) is 7.87. The molecule has 3 nitrogen and oxygen atoms in total. The lowest BCUT2D eigenvalue weighted by atomic mass is 10.0. The van der Waals surface area contributed by atoms with Crippen LogP contribution in [0.1, 0.15) is 37.8 Å². The second-order valence-corrected chi connectivity index (χ2v) is 5.63. The van der Waals surface area contributed by atoms with E-state index in [2.05, 4.69) is 47.5 Å². The van der Waals surface area contributed by atoms with Crippen LogP contribution in [0, 0.1) is 0 Å². The molecule has 0 saturated carbocycles. The van der Waals surface area contributed by atoms with Crippen molar-refractivity contribution in [3.63, 3.8) is 0 Å². The molecule has 2 unspecified atom stereocenters. The summed E-state index contributed by atoms with van der Waals surface area (Å²) in [5.74, 6) is 0. The molecule has 20 heavy (non-hydrogen) atoms. The van der Waals surface area contributed by atoms with Crippen molar-refractivity contribution >= 4 is 0 Å². The van der Waals surface area contributed by atoms with E-state index in [4.69, 9.17) is 4.74 Å². The van der Waals surface area contributed by atoms with Crippen LogP contribution in [0.15, 0.2) is 30.3 Å². The van der Waals surface area contributed by atoms with E-state index in [9.17, 15) is 0 Å². The van der Waals surface area contributed by atoms with Gasteiger partial charge in [0.15, 0.2) is 0 Å². The summed E-state index contributed by atoms with van der Waals surface area (Å²) in [6.07, 6.45) is 4.00. The summed E-state index contributed by atoms with van der Waals surface area (Å²) >= 11 is 0. The van der Waals surface area contributed by atoms with Crippen LogP contribution in [0.25, 0.3) is 0 Å². The molecule has 1 fully saturated rings. The Hall–Kier alpha value is -0.900. The second kappa shape index (κ2) is 8.40. The average Bonchev–Trinajstić information content (AvgIpc) is 2.52. The first-order valence-electron chi connectivity index (χ1n) is 7.87. The molecule has 2 atom stereocenters. The second-order valence-electron chi connectivity index (χ2n) is 5.63. The molecule has 1 aliphatic rings. The number of hydrogen-bond donors (Lipinski definition) is 1. The lowest BCUT2D eigenvalue weighted by Gasteiger charge is -2.38. The van der Waals surface area contributed by atoms with Crippen molar-refractivity contribution in [3.8, 4) is 0 Å². The molecule has 0 aromatic heterocycles. The zero-order valence-electron chi connectivity index (χ0n) is 12.8. The minimum Gasteiger partial charge on any atom is -0.380 e. The molecule has 2 rings (SSSR count). The maximum atomic E-state index is 5.57. The third kappa shape index (κ3) is 4.30. The fraction of sp³-hybridized carbons (Fsp3) is 0.647. The Morgan fingerprint density at radius 1 is 1.35 bits per heavy atom. The summed E-state index contributed by atoms with van der Waals surface area (Å²) in [7, 11) is 1.83. The molecule has 0 amide bonds. The van der Waals surface area contributed by atoms with Crippen molar-refractivity contribution in [1.82, 2.24) is 10.2 Å². The van der Waals surface area contributed by atoms with Crippen LogP contribution >= 0.6 is 0 Å². The average molecular weight is 276 g/mol. The van der Waals surface area contributed by atoms with Gasteiger partial charge in [0.1, 0.15) is 0 Å². The summed E-state index contributed by atoms with van der Waals surface area (Å²) in [5.41, 5.74) is 1.41. The van der Waals surface area contributed by atoms with Crippen molar-refractivity contribution in [3.05, 3.63) is 35.9 Å². The smallest absolute Gasteiger partial charge is 0.0698 e. The Kier molecular flexibility index (Phi) is 6.51. The number of ether oxygens (including phenoxy) is 1. The minimum absolute atomic E-state index is 0.390. The largest absolute Gasteiger partial charge is 0.380 e. The molecular formula is C17H28N2O. The number of benzene rings is 1. The molecule has 0 spiro atoms. The Morgan fingerprint density at radius 3 is 2.85 bits per heavy atom. The Bertz CT molecular complexity index is 369. The van der Waals surface area contributed by atoms with Gasteiger partial charge in [-0.2, -0.15) is 0 Å². The number of rotatable bonds is 7. The Labute approximate surface area is 123 Å². The van der Waals surface area contributed by atoms with Crippen molar-refractivity contribution in [2.75, 3.05) is 33.3 Å². The van der Waals surface area contributed by atoms with Crippen LogP contribution in [-0.4, -0.2) is 44.3 Å². The molecule has 1 heterocycles. The molecule has 1 aliphatic heterocycles. The third-order valence-electron chi connectivity index (χ3n) is 4.13. The molecule has 1 saturated heterocycles. The first-order chi connectivity index (χ1) is 9.85. The number of likely N-dealkylation sites (tertiary alicyclic amines) is 1. The summed E-state index contributed by atoms with van der Waals surface area (Å²) in [6.45, 7) is 6.54. The van der Waals surface area contributed by atoms with E-state index in [-0.39, 0.29) is 0 Å². The van der Waals surface area contributed by atoms with Gasteiger partial charge in [0.2, 0.25) is 0 Å². The van der Waals surface area contributed by atoms with Gasteiger partial charge in [-0.05, 0) is 37.9 Å². The van der Waals surface area contributed by atoms with E-state index in [0.717, 1.165) is 19.6 Å². The van der Waals surface area contributed by atoms with Gasteiger partial charge in [-0.3, -0.25) is 4.90 Å². The SMILES string of the molecule is CCCNCC(c1ccccc1)N1CCCC(OC)C1. The third-order valence-corrected chi connectivity index (χ3v) is 4.13. The van der Waals surface area contributed by atoms with Crippen LogP contribution in [0.3, 0.4) is 0 Å². The van der Waals surface area contributed by atoms with Gasteiger partial charge in [0.25, 0.3) is 0 Å². The zero-order valence-corrected chi connectivity index (χ0v) is 12.8. The van der Waals surface area contributed by atoms with E-state index in [0.29, 0.717) is 12.1 Å². The molecule has 112 valence electrons. The minimum atomic E-state index is 0.390. The van der Waals surface area contributed by atoms with Gasteiger partial charge < -0.3 is 10.1 Å². The summed E-state index contributed by atoms with van der Waals surface area (Å²) in [5, 5.41) is 3.58. The quantitative estimate of drug-likeness (QED) is 0.775. The first kappa shape index (κ1) is 15.5. The maximum Gasteiger partial charge on any atom is 0.0698 e. The normalized spacial score (nSPS) is 21.8. The molecular weight excluding hydrogens is 248 g/mol. The van der Waals surface area contributed by atoms with E-state index >= 15 is 0 Å². The number of methoxy groups -OCH3 is 1. The van der Waals surface area contributed by atoms with Crippen LogP contribution in [0.5, 0.6) is 0 Å². The van der Waals surface area contributed by atoms with Crippen LogP contribution in [0.4, 0.5) is 0 Å². The van der Waals surface area contributed by atoms with E-state index in [1.807, 2.05) is 7.11 Å². The topological polar surface area (TPSA) is 24.5 Å². The Morgan fingerprint density at radius 2 is 2.15 bits per heavy atom. The lowest BCUT2D eigenvalue weighted by Crippen LogP contribution is -2.44. The van der Waals surface area contributed by atoms with Crippen LogP contribution in [-0.2, 0) is 4.74 Å². The number of nitrogens with one attached hydrogen (secondary N) is 1. The predicted octanol–water partition coefficient (Wildman–Crippen LogP) is 2.84. The highest BCUT2D eigenvalue weighted by Gasteiger charge is 2.26. The van der Waals surface area contributed by atoms with Crippen molar-refractivity contribution in [2.24, 2.45) is 0 Å². The highest BCUT2D eigenvalue weighted by Crippen LogP contribution is 2.25. The highest BCUT2D eigenvalue weighted by molar-refractivity contribution is 5.19. The monoisotopic (exact) mass is 276 g/mol. The van der Waals surface area contributed by atoms with Gasteiger partial charge in [0, 0.05) is 26.2 Å². The Balaban J connectivity index is 2.05.